The number of aromatic nitrogens is 1. The first-order valence-corrected chi connectivity index (χ1v) is 10.7. The molecule has 150 valence electrons. The quantitative estimate of drug-likeness (QED) is 0.479. The average Bonchev–Trinajstić information content (AvgIpc) is 3.47. The van der Waals surface area contributed by atoms with Gasteiger partial charge in [0.25, 0.3) is 0 Å². The topological polar surface area (TPSA) is 17.2 Å². The lowest BCUT2D eigenvalue weighted by Crippen LogP contribution is -2.50. The van der Waals surface area contributed by atoms with Crippen molar-refractivity contribution in [3.05, 3.63) is 93.6 Å². The molecule has 4 heterocycles. The van der Waals surface area contributed by atoms with Gasteiger partial charge in [0.15, 0.2) is 11.4 Å². The molecular formula is C23H19BF2N2OS. The first kappa shape index (κ1) is 18.8. The van der Waals surface area contributed by atoms with Gasteiger partial charge < -0.3 is 22.3 Å². The first-order chi connectivity index (χ1) is 14.6. The Morgan fingerprint density at radius 3 is 2.63 bits per heavy atom. The maximum absolute atomic E-state index is 15.8. The van der Waals surface area contributed by atoms with Gasteiger partial charge in [-0.05, 0) is 54.3 Å². The van der Waals surface area contributed by atoms with Gasteiger partial charge in [-0.3, -0.25) is 0 Å². The Hall–Kier alpha value is -3.19. The molecule has 0 saturated carbocycles. The number of halogens is 2. The van der Waals surface area contributed by atoms with Crippen LogP contribution >= 0.6 is 11.3 Å². The summed E-state index contributed by atoms with van der Waals surface area (Å²) in [4.78, 5) is 0.832. The largest absolute Gasteiger partial charge is 0.737 e. The summed E-state index contributed by atoms with van der Waals surface area (Å²) in [5, 5.41) is 1.90. The second kappa shape index (κ2) is 7.25. The molecule has 0 fully saturated rings. The molecule has 2 aliphatic rings. The molecule has 0 atom stereocenters. The zero-order chi connectivity index (χ0) is 20.7. The molecule has 3 aromatic rings. The Morgan fingerprint density at radius 2 is 1.90 bits per heavy atom. The van der Waals surface area contributed by atoms with E-state index in [0.717, 1.165) is 20.7 Å². The van der Waals surface area contributed by atoms with Crippen LogP contribution in [0.3, 0.4) is 0 Å². The van der Waals surface area contributed by atoms with Gasteiger partial charge in [-0.25, -0.2) is 0 Å². The Bertz CT molecular complexity index is 1220. The minimum Gasteiger partial charge on any atom is -0.494 e. The van der Waals surface area contributed by atoms with Crippen LogP contribution in [0, 0.1) is 0 Å². The number of nitrogens with zero attached hydrogens (tertiary/aromatic N) is 2. The Balaban J connectivity index is 1.53. The molecule has 0 N–H and O–H groups in total. The number of ether oxygens (including phenoxy) is 1. The Labute approximate surface area is 177 Å². The number of allylic oxidation sites excluding steroid dienone is 2. The van der Waals surface area contributed by atoms with E-state index >= 15 is 8.63 Å². The highest BCUT2D eigenvalue weighted by atomic mass is 32.1. The molecule has 5 rings (SSSR count). The number of hydrogen-bond acceptors (Lipinski definition) is 2. The number of rotatable bonds is 5. The van der Waals surface area contributed by atoms with E-state index in [4.69, 9.17) is 4.74 Å². The van der Waals surface area contributed by atoms with E-state index in [-0.39, 0.29) is 0 Å². The third kappa shape index (κ3) is 3.06. The highest BCUT2D eigenvalue weighted by Crippen LogP contribution is 2.34. The maximum atomic E-state index is 15.8. The summed E-state index contributed by atoms with van der Waals surface area (Å²) in [6, 6.07) is 14.8. The van der Waals surface area contributed by atoms with Crippen LogP contribution in [0.25, 0.3) is 18.2 Å². The number of thiophene rings is 1. The van der Waals surface area contributed by atoms with Gasteiger partial charge in [-0.15, -0.1) is 11.3 Å². The van der Waals surface area contributed by atoms with Crippen molar-refractivity contribution >= 4 is 42.2 Å². The first-order valence-electron chi connectivity index (χ1n) is 9.82. The van der Waals surface area contributed by atoms with Gasteiger partial charge in [0.1, 0.15) is 5.75 Å². The predicted octanol–water partition coefficient (Wildman–Crippen LogP) is 5.77. The summed E-state index contributed by atoms with van der Waals surface area (Å²) in [6.07, 6.45) is 8.92. The van der Waals surface area contributed by atoms with Gasteiger partial charge >= 0.3 is 6.97 Å². The van der Waals surface area contributed by atoms with Crippen LogP contribution in [0.2, 0.25) is 0 Å². The lowest BCUT2D eigenvalue weighted by Gasteiger charge is -2.30. The SMILES string of the molecule is CCOc1ccc(/C=C/c2ccc3n2[B-](F)(F)[N+]2=C(c4cccs4)C=CC2=C3)cc1. The smallest absolute Gasteiger partial charge is 0.494 e. The summed E-state index contributed by atoms with van der Waals surface area (Å²) in [6.45, 7) is -1.48. The van der Waals surface area contributed by atoms with Crippen LogP contribution in [0.4, 0.5) is 8.63 Å². The monoisotopic (exact) mass is 420 g/mol. The second-order valence-electron chi connectivity index (χ2n) is 7.11. The summed E-state index contributed by atoms with van der Waals surface area (Å²) in [7, 11) is 0. The van der Waals surface area contributed by atoms with E-state index in [1.54, 1.807) is 30.4 Å². The summed E-state index contributed by atoms with van der Waals surface area (Å²) in [5.41, 5.74) is 2.97. The minimum atomic E-state index is -4.02. The minimum absolute atomic E-state index is 0.469. The lowest BCUT2D eigenvalue weighted by molar-refractivity contribution is -0.360. The molecule has 2 aliphatic heterocycles. The van der Waals surface area contributed by atoms with Crippen molar-refractivity contribution in [3.8, 4) is 5.75 Å². The van der Waals surface area contributed by atoms with Crippen LogP contribution in [0.5, 0.6) is 5.75 Å². The van der Waals surface area contributed by atoms with E-state index in [2.05, 4.69) is 0 Å². The average molecular weight is 420 g/mol. The highest BCUT2D eigenvalue weighted by Gasteiger charge is 2.52. The molecule has 0 bridgehead atoms. The van der Waals surface area contributed by atoms with Gasteiger partial charge in [-0.2, -0.15) is 0 Å². The van der Waals surface area contributed by atoms with E-state index in [1.807, 2.05) is 60.9 Å². The molecular weight excluding hydrogens is 401 g/mol. The Kier molecular flexibility index (Phi) is 4.55. The predicted molar refractivity (Wildman–Crippen MR) is 120 cm³/mol. The van der Waals surface area contributed by atoms with Crippen molar-refractivity contribution in [2.45, 2.75) is 6.92 Å². The molecule has 0 amide bonds. The van der Waals surface area contributed by atoms with E-state index in [1.165, 1.54) is 15.8 Å². The zero-order valence-corrected chi connectivity index (χ0v) is 17.2. The Morgan fingerprint density at radius 1 is 1.07 bits per heavy atom. The summed E-state index contributed by atoms with van der Waals surface area (Å²) < 4.78 is 39.3. The highest BCUT2D eigenvalue weighted by molar-refractivity contribution is 7.12. The molecule has 0 aliphatic carbocycles. The number of benzene rings is 1. The van der Waals surface area contributed by atoms with E-state index in [0.29, 0.717) is 29.4 Å². The molecule has 30 heavy (non-hydrogen) atoms. The van der Waals surface area contributed by atoms with Crippen LogP contribution in [0.15, 0.2) is 71.8 Å². The van der Waals surface area contributed by atoms with E-state index in [9.17, 15) is 0 Å². The van der Waals surface area contributed by atoms with Gasteiger partial charge in [-0.1, -0.05) is 24.3 Å². The number of fused-ring (bicyclic) bond motifs is 2. The van der Waals surface area contributed by atoms with Crippen LogP contribution < -0.4 is 4.74 Å². The van der Waals surface area contributed by atoms with Crippen molar-refractivity contribution in [3.63, 3.8) is 0 Å². The van der Waals surface area contributed by atoms with Crippen LogP contribution in [0.1, 0.15) is 28.8 Å². The molecule has 0 spiro atoms. The van der Waals surface area contributed by atoms with Crippen molar-refractivity contribution in [1.29, 1.82) is 0 Å². The third-order valence-corrected chi connectivity index (χ3v) is 6.15. The molecule has 0 saturated heterocycles. The van der Waals surface area contributed by atoms with Crippen LogP contribution in [-0.2, 0) is 0 Å². The molecule has 7 heteroatoms. The standard InChI is InChI=1S/C23H19BF2N2OS/c1-2-29-21-12-6-17(7-13-21)5-8-18-9-10-19-16-20-11-14-22(23-4-3-15-30-23)28(20)24(25,26)27(18)19/h3-16H,2H2,1H3/b8-5+. The van der Waals surface area contributed by atoms with Crippen molar-refractivity contribution < 1.29 is 17.9 Å². The van der Waals surface area contributed by atoms with Crippen LogP contribution in [-0.4, -0.2) is 28.3 Å². The van der Waals surface area contributed by atoms with Crippen molar-refractivity contribution in [2.24, 2.45) is 0 Å². The maximum Gasteiger partial charge on any atom is 0.737 e. The van der Waals surface area contributed by atoms with Crippen molar-refractivity contribution in [1.82, 2.24) is 4.48 Å². The molecule has 0 radical (unpaired) electrons. The summed E-state index contributed by atoms with van der Waals surface area (Å²) >= 11 is 1.46. The molecule has 3 nitrogen and oxygen atoms in total. The molecule has 1 aromatic carbocycles. The number of hydrogen-bond donors (Lipinski definition) is 0. The molecule has 0 unspecified atom stereocenters. The van der Waals surface area contributed by atoms with Crippen molar-refractivity contribution in [2.75, 3.05) is 6.61 Å². The fourth-order valence-corrected chi connectivity index (χ4v) is 4.68. The van der Waals surface area contributed by atoms with E-state index < -0.39 is 6.97 Å². The zero-order valence-electron chi connectivity index (χ0n) is 16.3. The second-order valence-corrected chi connectivity index (χ2v) is 8.06. The fourth-order valence-electron chi connectivity index (χ4n) is 3.94. The lowest BCUT2D eigenvalue weighted by atomic mass is 9.90. The molecule has 2 aromatic heterocycles. The van der Waals surface area contributed by atoms with Gasteiger partial charge in [0.2, 0.25) is 0 Å². The van der Waals surface area contributed by atoms with Gasteiger partial charge in [0, 0.05) is 29.6 Å². The fraction of sp³-hybridized carbons (Fsp3) is 0.0870. The normalized spacial score (nSPS) is 16.7. The third-order valence-electron chi connectivity index (χ3n) is 5.26. The van der Waals surface area contributed by atoms with Gasteiger partial charge in [0.05, 0.1) is 11.5 Å². The summed E-state index contributed by atoms with van der Waals surface area (Å²) in [5.74, 6) is 0.792.